The fourth-order valence-electron chi connectivity index (χ4n) is 4.97. The Labute approximate surface area is 216 Å². The number of hydrogen-bond acceptors (Lipinski definition) is 6. The number of hydrogen-bond donors (Lipinski definition) is 3. The molecule has 37 heavy (non-hydrogen) atoms. The monoisotopic (exact) mass is 500 g/mol. The molecule has 3 N–H and O–H groups in total. The number of aliphatic hydroxyl groups excluding tert-OH is 1. The van der Waals surface area contributed by atoms with Gasteiger partial charge >= 0.3 is 6.09 Å². The van der Waals surface area contributed by atoms with E-state index in [-0.39, 0.29) is 6.61 Å². The van der Waals surface area contributed by atoms with E-state index in [2.05, 4.69) is 39.4 Å². The maximum absolute atomic E-state index is 10.8. The molecule has 1 amide bonds. The molecule has 5 rings (SSSR count). The molecule has 1 fully saturated rings. The summed E-state index contributed by atoms with van der Waals surface area (Å²) in [6, 6.07) is 20.4. The number of β-amino-alcohol motifs (C(OH)–C–C–N with tert-alkyl or cyclic N) is 1. The second kappa shape index (κ2) is 11.0. The van der Waals surface area contributed by atoms with E-state index in [9.17, 15) is 9.90 Å². The van der Waals surface area contributed by atoms with Crippen LogP contribution in [0.2, 0.25) is 0 Å². The normalized spacial score (nSPS) is 14.3. The number of carboxylic acid groups (broad SMARTS) is 1. The maximum Gasteiger partial charge on any atom is 0.404 e. The van der Waals surface area contributed by atoms with Gasteiger partial charge in [0.2, 0.25) is 0 Å². The topological polar surface area (TPSA) is 106 Å². The summed E-state index contributed by atoms with van der Waals surface area (Å²) >= 11 is 0. The third-order valence-electron chi connectivity index (χ3n) is 6.83. The Hall–Kier alpha value is -3.95. The van der Waals surface area contributed by atoms with Crippen LogP contribution >= 0.6 is 0 Å². The Morgan fingerprint density at radius 1 is 1.00 bits per heavy atom. The molecule has 4 aromatic rings. The van der Waals surface area contributed by atoms with Crippen molar-refractivity contribution in [2.45, 2.75) is 13.3 Å². The van der Waals surface area contributed by atoms with Crippen molar-refractivity contribution in [3.8, 4) is 22.4 Å². The fourth-order valence-corrected chi connectivity index (χ4v) is 4.97. The molecule has 0 atom stereocenters. The molecule has 9 nitrogen and oxygen atoms in total. The minimum Gasteiger partial charge on any atom is -0.465 e. The molecule has 0 spiro atoms. The van der Waals surface area contributed by atoms with Gasteiger partial charge in [-0.2, -0.15) is 9.61 Å². The average molecular weight is 501 g/mol. The van der Waals surface area contributed by atoms with Crippen molar-refractivity contribution in [3.05, 3.63) is 71.9 Å². The maximum atomic E-state index is 10.8. The van der Waals surface area contributed by atoms with Crippen LogP contribution in [0.3, 0.4) is 0 Å². The molecular weight excluding hydrogens is 468 g/mol. The highest BCUT2D eigenvalue weighted by molar-refractivity contribution is 5.83. The molecule has 0 bridgehead atoms. The molecule has 0 aliphatic carbocycles. The number of aliphatic hydroxyl groups is 1. The molecule has 0 saturated carbocycles. The Morgan fingerprint density at radius 2 is 1.76 bits per heavy atom. The number of amides is 1. The molecule has 1 aliphatic heterocycles. The first-order chi connectivity index (χ1) is 18.0. The first kappa shape index (κ1) is 24.7. The van der Waals surface area contributed by atoms with Crippen molar-refractivity contribution in [1.29, 1.82) is 0 Å². The van der Waals surface area contributed by atoms with Crippen molar-refractivity contribution in [3.63, 3.8) is 0 Å². The largest absolute Gasteiger partial charge is 0.465 e. The number of piperazine rings is 1. The highest BCUT2D eigenvalue weighted by Gasteiger charge is 2.23. The first-order valence-corrected chi connectivity index (χ1v) is 12.6. The first-order valence-electron chi connectivity index (χ1n) is 12.6. The zero-order valence-electron chi connectivity index (χ0n) is 21.0. The van der Waals surface area contributed by atoms with Crippen molar-refractivity contribution in [1.82, 2.24) is 24.8 Å². The van der Waals surface area contributed by atoms with Gasteiger partial charge in [0.15, 0.2) is 5.65 Å². The SMILES string of the molecule is Cc1nn2c(N3CCN(CCO)CC3)cc(-c3cccc(CCNC(=O)O)c3)nc2c1-c1ccccc1. The number of nitrogens with zero attached hydrogens (tertiary/aromatic N) is 5. The van der Waals surface area contributed by atoms with Gasteiger partial charge in [0.1, 0.15) is 5.82 Å². The van der Waals surface area contributed by atoms with Crippen LogP contribution in [-0.2, 0) is 6.42 Å². The van der Waals surface area contributed by atoms with Crippen molar-refractivity contribution in [2.75, 3.05) is 50.8 Å². The summed E-state index contributed by atoms with van der Waals surface area (Å²) in [7, 11) is 0. The molecule has 1 aliphatic rings. The lowest BCUT2D eigenvalue weighted by Crippen LogP contribution is -2.47. The van der Waals surface area contributed by atoms with Crippen LogP contribution in [0.1, 0.15) is 11.3 Å². The summed E-state index contributed by atoms with van der Waals surface area (Å²) in [4.78, 5) is 20.6. The van der Waals surface area contributed by atoms with Gasteiger partial charge in [0.25, 0.3) is 0 Å². The van der Waals surface area contributed by atoms with Gasteiger partial charge in [-0.15, -0.1) is 0 Å². The Kier molecular flexibility index (Phi) is 7.34. The quantitative estimate of drug-likeness (QED) is 0.341. The lowest BCUT2D eigenvalue weighted by Gasteiger charge is -2.35. The molecule has 192 valence electrons. The van der Waals surface area contributed by atoms with E-state index in [4.69, 9.17) is 15.2 Å². The van der Waals surface area contributed by atoms with Crippen LogP contribution in [0.15, 0.2) is 60.7 Å². The number of carbonyl (C=O) groups is 1. The minimum atomic E-state index is -1.02. The molecule has 9 heteroatoms. The molecule has 3 heterocycles. The van der Waals surface area contributed by atoms with Crippen LogP contribution in [0.25, 0.3) is 28.0 Å². The number of aromatic nitrogens is 3. The Morgan fingerprint density at radius 3 is 2.49 bits per heavy atom. The van der Waals surface area contributed by atoms with E-state index < -0.39 is 6.09 Å². The van der Waals surface area contributed by atoms with Gasteiger partial charge in [-0.25, -0.2) is 9.78 Å². The average Bonchev–Trinajstić information content (AvgIpc) is 3.25. The number of aryl methyl sites for hydroxylation is 1. The van der Waals surface area contributed by atoms with Crippen molar-refractivity contribution < 1.29 is 15.0 Å². The predicted molar refractivity (Wildman–Crippen MR) is 144 cm³/mol. The summed E-state index contributed by atoms with van der Waals surface area (Å²) in [5.41, 5.74) is 6.70. The summed E-state index contributed by atoms with van der Waals surface area (Å²) in [5.74, 6) is 0.992. The van der Waals surface area contributed by atoms with E-state index in [0.717, 1.165) is 71.3 Å². The lowest BCUT2D eigenvalue weighted by atomic mass is 10.0. The van der Waals surface area contributed by atoms with Crippen LogP contribution in [-0.4, -0.2) is 81.7 Å². The van der Waals surface area contributed by atoms with E-state index in [0.29, 0.717) is 19.5 Å². The molecule has 0 radical (unpaired) electrons. The van der Waals surface area contributed by atoms with Crippen molar-refractivity contribution in [2.24, 2.45) is 0 Å². The highest BCUT2D eigenvalue weighted by Crippen LogP contribution is 2.33. The van der Waals surface area contributed by atoms with Crippen molar-refractivity contribution >= 4 is 17.6 Å². The summed E-state index contributed by atoms with van der Waals surface area (Å²) in [6.07, 6.45) is -0.417. The second-order valence-corrected chi connectivity index (χ2v) is 9.30. The van der Waals surface area contributed by atoms with Crippen LogP contribution in [0.4, 0.5) is 10.6 Å². The molecule has 2 aromatic carbocycles. The molecule has 0 unspecified atom stereocenters. The van der Waals surface area contributed by atoms with Crippen LogP contribution in [0.5, 0.6) is 0 Å². The van der Waals surface area contributed by atoms with Crippen LogP contribution in [0, 0.1) is 6.92 Å². The third-order valence-corrected chi connectivity index (χ3v) is 6.83. The van der Waals surface area contributed by atoms with Gasteiger partial charge < -0.3 is 20.4 Å². The number of benzene rings is 2. The van der Waals surface area contributed by atoms with Gasteiger partial charge in [0, 0.05) is 56.5 Å². The van der Waals surface area contributed by atoms with Gasteiger partial charge in [0.05, 0.1) is 18.0 Å². The van der Waals surface area contributed by atoms with Gasteiger partial charge in [-0.1, -0.05) is 48.5 Å². The second-order valence-electron chi connectivity index (χ2n) is 9.30. The highest BCUT2D eigenvalue weighted by atomic mass is 16.4. The summed E-state index contributed by atoms with van der Waals surface area (Å²) < 4.78 is 1.96. The van der Waals surface area contributed by atoms with Gasteiger partial charge in [-0.05, 0) is 30.5 Å². The lowest BCUT2D eigenvalue weighted by molar-refractivity contribution is 0.188. The Balaban J connectivity index is 1.58. The zero-order chi connectivity index (χ0) is 25.8. The smallest absolute Gasteiger partial charge is 0.404 e. The Bertz CT molecular complexity index is 1380. The summed E-state index contributed by atoms with van der Waals surface area (Å²) in [5, 5.41) is 25.6. The fraction of sp³-hybridized carbons (Fsp3) is 0.321. The zero-order valence-corrected chi connectivity index (χ0v) is 21.0. The predicted octanol–water partition coefficient (Wildman–Crippen LogP) is 3.30. The van der Waals surface area contributed by atoms with E-state index in [1.807, 2.05) is 47.8 Å². The molecule has 2 aromatic heterocycles. The summed E-state index contributed by atoms with van der Waals surface area (Å²) in [6.45, 7) is 6.64. The van der Waals surface area contributed by atoms with Crippen LogP contribution < -0.4 is 10.2 Å². The molecule has 1 saturated heterocycles. The number of anilines is 1. The van der Waals surface area contributed by atoms with E-state index in [1.54, 1.807) is 0 Å². The number of nitrogens with one attached hydrogen (secondary N) is 1. The number of rotatable bonds is 8. The molecular formula is C28H32N6O3. The third kappa shape index (κ3) is 5.42. The minimum absolute atomic E-state index is 0.167. The van der Waals surface area contributed by atoms with Gasteiger partial charge in [-0.3, -0.25) is 4.90 Å². The van der Waals surface area contributed by atoms with E-state index in [1.165, 1.54) is 0 Å². The number of fused-ring (bicyclic) bond motifs is 1. The van der Waals surface area contributed by atoms with E-state index >= 15 is 0 Å². The standard InChI is InChI=1S/C28H32N6O3/c1-20-26(22-7-3-2-4-8-22)27-30-24(23-9-5-6-21(18-23)10-11-29-28(36)37)19-25(34(27)31-20)33-14-12-32(13-15-33)16-17-35/h2-9,18-19,29,35H,10-17H2,1H3,(H,36,37).